The highest BCUT2D eigenvalue weighted by atomic mass is 19.1. The molecule has 1 fully saturated rings. The summed E-state index contributed by atoms with van der Waals surface area (Å²) in [6.07, 6.45) is 3.58. The van der Waals surface area contributed by atoms with Gasteiger partial charge in [-0.15, -0.1) is 0 Å². The molecule has 0 spiro atoms. The topological polar surface area (TPSA) is 68.3 Å². The smallest absolute Gasteiger partial charge is 0.310 e. The first-order chi connectivity index (χ1) is 14.5. The van der Waals surface area contributed by atoms with Crippen molar-refractivity contribution >= 4 is 22.8 Å². The van der Waals surface area contributed by atoms with Crippen molar-refractivity contribution in [3.8, 4) is 0 Å². The summed E-state index contributed by atoms with van der Waals surface area (Å²) in [5, 5.41) is 0. The van der Waals surface area contributed by atoms with E-state index in [0.29, 0.717) is 43.3 Å². The number of piperidine rings is 1. The zero-order valence-electron chi connectivity index (χ0n) is 17.1. The Morgan fingerprint density at radius 1 is 0.967 bits per heavy atom. The van der Waals surface area contributed by atoms with Gasteiger partial charge in [0.25, 0.3) is 5.56 Å². The maximum Gasteiger partial charge on any atom is 0.332 e. The minimum Gasteiger partial charge on any atom is -0.310 e. The first-order valence-corrected chi connectivity index (χ1v) is 10.5. The third kappa shape index (κ3) is 3.04. The van der Waals surface area contributed by atoms with Crippen molar-refractivity contribution in [2.24, 2.45) is 7.05 Å². The Labute approximate surface area is 172 Å². The van der Waals surface area contributed by atoms with E-state index in [0.717, 1.165) is 18.8 Å². The number of aromatic nitrogens is 4. The van der Waals surface area contributed by atoms with Crippen LogP contribution in [0, 0.1) is 5.82 Å². The SMILES string of the molecule is Cn1c(=O)n(CCN2CCCCC2)c(=O)c2c1nc1n2CCN1c1ccc(F)cc1. The van der Waals surface area contributed by atoms with Crippen molar-refractivity contribution in [1.29, 1.82) is 0 Å². The van der Waals surface area contributed by atoms with Gasteiger partial charge in [0, 0.05) is 38.9 Å². The molecule has 30 heavy (non-hydrogen) atoms. The molecule has 1 saturated heterocycles. The second-order valence-electron chi connectivity index (χ2n) is 8.06. The highest BCUT2D eigenvalue weighted by Gasteiger charge is 2.28. The molecule has 4 heterocycles. The zero-order valence-corrected chi connectivity index (χ0v) is 17.1. The van der Waals surface area contributed by atoms with Gasteiger partial charge >= 0.3 is 5.69 Å². The monoisotopic (exact) mass is 412 g/mol. The predicted molar refractivity (Wildman–Crippen MR) is 113 cm³/mol. The average molecular weight is 412 g/mol. The average Bonchev–Trinajstić information content (AvgIpc) is 3.33. The van der Waals surface area contributed by atoms with E-state index >= 15 is 0 Å². The summed E-state index contributed by atoms with van der Waals surface area (Å²) in [6, 6.07) is 6.20. The van der Waals surface area contributed by atoms with Crippen molar-refractivity contribution in [3.05, 3.63) is 50.9 Å². The van der Waals surface area contributed by atoms with E-state index in [-0.39, 0.29) is 17.1 Å². The minimum atomic E-state index is -0.338. The van der Waals surface area contributed by atoms with E-state index in [1.165, 1.54) is 40.5 Å². The van der Waals surface area contributed by atoms with Crippen molar-refractivity contribution in [1.82, 2.24) is 23.6 Å². The molecule has 8 nitrogen and oxygen atoms in total. The van der Waals surface area contributed by atoms with Gasteiger partial charge in [-0.25, -0.2) is 9.18 Å². The van der Waals surface area contributed by atoms with Crippen LogP contribution >= 0.6 is 0 Å². The summed E-state index contributed by atoms with van der Waals surface area (Å²) < 4.78 is 18.0. The maximum atomic E-state index is 13.3. The van der Waals surface area contributed by atoms with Crippen LogP contribution in [0.4, 0.5) is 16.0 Å². The Morgan fingerprint density at radius 3 is 2.43 bits per heavy atom. The first kappa shape index (κ1) is 19.0. The Balaban J connectivity index is 1.55. The molecular weight excluding hydrogens is 387 g/mol. The lowest BCUT2D eigenvalue weighted by molar-refractivity contribution is 0.218. The Hall–Kier alpha value is -2.94. The lowest BCUT2D eigenvalue weighted by Crippen LogP contribution is -2.43. The van der Waals surface area contributed by atoms with Gasteiger partial charge < -0.3 is 14.4 Å². The van der Waals surface area contributed by atoms with E-state index in [9.17, 15) is 14.0 Å². The quantitative estimate of drug-likeness (QED) is 0.652. The number of halogens is 1. The van der Waals surface area contributed by atoms with E-state index in [2.05, 4.69) is 9.88 Å². The van der Waals surface area contributed by atoms with Gasteiger partial charge in [-0.2, -0.15) is 4.98 Å². The molecule has 0 radical (unpaired) electrons. The number of hydrogen-bond acceptors (Lipinski definition) is 5. The van der Waals surface area contributed by atoms with Crippen LogP contribution in [0.25, 0.3) is 11.2 Å². The fourth-order valence-corrected chi connectivity index (χ4v) is 4.57. The third-order valence-corrected chi connectivity index (χ3v) is 6.23. The van der Waals surface area contributed by atoms with Crippen molar-refractivity contribution in [3.63, 3.8) is 0 Å². The largest absolute Gasteiger partial charge is 0.332 e. The number of aryl methyl sites for hydroxylation is 1. The van der Waals surface area contributed by atoms with Crippen LogP contribution in [0.5, 0.6) is 0 Å². The molecule has 0 unspecified atom stereocenters. The number of nitrogens with zero attached hydrogens (tertiary/aromatic N) is 6. The molecule has 0 N–H and O–H groups in total. The Bertz CT molecular complexity index is 1200. The van der Waals surface area contributed by atoms with Gasteiger partial charge in [0.2, 0.25) is 5.95 Å². The van der Waals surface area contributed by atoms with Gasteiger partial charge in [0.15, 0.2) is 11.2 Å². The Morgan fingerprint density at radius 2 is 1.70 bits per heavy atom. The van der Waals surface area contributed by atoms with E-state index in [1.807, 2.05) is 9.47 Å². The molecular formula is C21H25FN6O2. The molecule has 1 aromatic carbocycles. The van der Waals surface area contributed by atoms with Crippen LogP contribution in [-0.2, 0) is 20.1 Å². The molecule has 2 aromatic heterocycles. The second-order valence-corrected chi connectivity index (χ2v) is 8.06. The van der Waals surface area contributed by atoms with E-state index < -0.39 is 0 Å². The zero-order chi connectivity index (χ0) is 20.8. The highest BCUT2D eigenvalue weighted by Crippen LogP contribution is 2.31. The summed E-state index contributed by atoms with van der Waals surface area (Å²) >= 11 is 0. The van der Waals surface area contributed by atoms with Gasteiger partial charge in [-0.1, -0.05) is 6.42 Å². The van der Waals surface area contributed by atoms with Gasteiger partial charge in [0.05, 0.1) is 0 Å². The predicted octanol–water partition coefficient (Wildman–Crippen LogP) is 1.67. The summed E-state index contributed by atoms with van der Waals surface area (Å²) in [6.45, 7) is 4.34. The van der Waals surface area contributed by atoms with Crippen LogP contribution in [0.3, 0.4) is 0 Å². The highest BCUT2D eigenvalue weighted by molar-refractivity contribution is 5.77. The molecule has 0 bridgehead atoms. The number of fused-ring (bicyclic) bond motifs is 3. The van der Waals surface area contributed by atoms with Crippen LogP contribution in [0.15, 0.2) is 33.9 Å². The van der Waals surface area contributed by atoms with Crippen molar-refractivity contribution < 1.29 is 4.39 Å². The first-order valence-electron chi connectivity index (χ1n) is 10.5. The lowest BCUT2D eigenvalue weighted by Gasteiger charge is -2.26. The van der Waals surface area contributed by atoms with E-state index in [4.69, 9.17) is 0 Å². The lowest BCUT2D eigenvalue weighted by atomic mass is 10.1. The maximum absolute atomic E-state index is 13.3. The number of hydrogen-bond donors (Lipinski definition) is 0. The summed E-state index contributed by atoms with van der Waals surface area (Å²) in [5.41, 5.74) is 1.02. The van der Waals surface area contributed by atoms with E-state index in [1.54, 1.807) is 19.2 Å². The molecule has 0 saturated carbocycles. The molecule has 9 heteroatoms. The van der Waals surface area contributed by atoms with Crippen LogP contribution in [0.1, 0.15) is 19.3 Å². The molecule has 0 atom stereocenters. The minimum absolute atomic E-state index is 0.287. The number of anilines is 2. The van der Waals surface area contributed by atoms with Crippen molar-refractivity contribution in [2.45, 2.75) is 32.4 Å². The number of rotatable bonds is 4. The summed E-state index contributed by atoms with van der Waals surface area (Å²) in [7, 11) is 1.66. The van der Waals surface area contributed by atoms with Crippen LogP contribution in [-0.4, -0.2) is 49.8 Å². The fraction of sp³-hybridized carbons (Fsp3) is 0.476. The summed E-state index contributed by atoms with van der Waals surface area (Å²) in [5.74, 6) is 0.308. The summed E-state index contributed by atoms with van der Waals surface area (Å²) in [4.78, 5) is 35.1. The number of likely N-dealkylation sites (tertiary alicyclic amines) is 1. The molecule has 158 valence electrons. The van der Waals surface area contributed by atoms with Crippen LogP contribution in [0.2, 0.25) is 0 Å². The van der Waals surface area contributed by atoms with Gasteiger partial charge in [0.1, 0.15) is 5.82 Å². The molecule has 0 amide bonds. The normalized spacial score (nSPS) is 17.1. The Kier molecular flexibility index (Phi) is 4.69. The number of imidazole rings is 1. The molecule has 0 aliphatic carbocycles. The molecule has 2 aliphatic rings. The second kappa shape index (κ2) is 7.39. The fourth-order valence-electron chi connectivity index (χ4n) is 4.57. The number of benzene rings is 1. The molecule has 2 aliphatic heterocycles. The van der Waals surface area contributed by atoms with Crippen LogP contribution < -0.4 is 16.1 Å². The van der Waals surface area contributed by atoms with Gasteiger partial charge in [-0.05, 0) is 50.2 Å². The molecule has 5 rings (SSSR count). The standard InChI is InChI=1S/C21H25FN6O2/c1-24-18-17(19(29)28(21(24)30)12-11-25-9-3-2-4-10-25)27-14-13-26(20(27)23-18)16-7-5-15(22)6-8-16/h5-8H,2-4,9-14H2,1H3. The molecule has 3 aromatic rings. The van der Waals surface area contributed by atoms with Crippen molar-refractivity contribution in [2.75, 3.05) is 31.1 Å². The third-order valence-electron chi connectivity index (χ3n) is 6.23. The van der Waals surface area contributed by atoms with Gasteiger partial charge in [-0.3, -0.25) is 13.9 Å².